The Morgan fingerprint density at radius 3 is 0.947 bits per heavy atom. The molecule has 1 aromatic rings. The van der Waals surface area contributed by atoms with Crippen molar-refractivity contribution in [3.05, 3.63) is 18.2 Å². The summed E-state index contributed by atoms with van der Waals surface area (Å²) in [5, 5.41) is 84.8. The van der Waals surface area contributed by atoms with Crippen LogP contribution < -0.4 is 91.6 Å². The zero-order chi connectivity index (χ0) is 87.1. The van der Waals surface area contributed by atoms with Crippen LogP contribution in [0.3, 0.4) is 0 Å². The average molecular weight is 1620 g/mol. The molecule has 0 aromatic carbocycles. The second kappa shape index (κ2) is 51.7. The number of nitrogens with two attached hydrogens (primary N) is 3. The molecule has 0 spiro atoms. The van der Waals surface area contributed by atoms with Crippen molar-refractivity contribution in [2.75, 3.05) is 26.4 Å². The minimum Gasteiger partial charge on any atom is -0.480 e. The van der Waals surface area contributed by atoms with Gasteiger partial charge >= 0.3 is 5.97 Å². The van der Waals surface area contributed by atoms with Crippen LogP contribution in [0.4, 0.5) is 0 Å². The van der Waals surface area contributed by atoms with Crippen LogP contribution >= 0.6 is 0 Å². The van der Waals surface area contributed by atoms with Gasteiger partial charge in [-0.3, -0.25) is 76.7 Å². The number of carboxylic acids is 1. The fraction of sp³-hybridized carbons (Fsp3) is 0.726. The molecule has 0 aliphatic carbocycles. The van der Waals surface area contributed by atoms with Gasteiger partial charge in [0.25, 0.3) is 0 Å². The number of aromatic nitrogens is 2. The van der Waals surface area contributed by atoms with Gasteiger partial charge in [-0.2, -0.15) is 0 Å². The maximum atomic E-state index is 14.5. The smallest absolute Gasteiger partial charge is 0.326 e. The van der Waals surface area contributed by atoms with Crippen molar-refractivity contribution in [1.29, 1.82) is 0 Å². The van der Waals surface area contributed by atoms with Crippen LogP contribution in [0.1, 0.15) is 180 Å². The Kier molecular flexibility index (Phi) is 46.2. The van der Waals surface area contributed by atoms with E-state index < -0.39 is 261 Å². The van der Waals surface area contributed by atoms with Crippen LogP contribution in [0.5, 0.6) is 0 Å². The van der Waals surface area contributed by atoms with Gasteiger partial charge in [-0.15, -0.1) is 0 Å². The molecule has 18 atom stereocenters. The highest BCUT2D eigenvalue weighted by molar-refractivity contribution is 6.01. The van der Waals surface area contributed by atoms with Gasteiger partial charge < -0.3 is 122 Å². The molecule has 1 heterocycles. The number of carboxylic acid groups (broad SMARTS) is 1. The van der Waals surface area contributed by atoms with E-state index in [2.05, 4.69) is 84.4 Å². The van der Waals surface area contributed by atoms with Crippen LogP contribution in [-0.2, 0) is 87.9 Å². The van der Waals surface area contributed by atoms with Crippen LogP contribution in [0, 0.1) is 41.4 Å². The van der Waals surface area contributed by atoms with Gasteiger partial charge in [0, 0.05) is 31.2 Å². The number of carbonyl (C=O) groups is 17. The maximum Gasteiger partial charge on any atom is 0.326 e. The zero-order valence-electron chi connectivity index (χ0n) is 68.0. The first-order chi connectivity index (χ1) is 53.3. The molecule has 0 saturated carbocycles. The molecule has 114 heavy (non-hydrogen) atoms. The average Bonchev–Trinajstić information content (AvgIpc) is 1.08. The van der Waals surface area contributed by atoms with Crippen LogP contribution in [-0.4, -0.2) is 253 Å². The molecule has 16 amide bonds. The highest BCUT2D eigenvalue weighted by Crippen LogP contribution is 2.17. The van der Waals surface area contributed by atoms with Gasteiger partial charge in [0.1, 0.15) is 90.6 Å². The molecule has 0 unspecified atom stereocenters. The Morgan fingerprint density at radius 1 is 0.351 bits per heavy atom. The second-order valence-electron chi connectivity index (χ2n) is 30.4. The van der Waals surface area contributed by atoms with E-state index in [0.29, 0.717) is 18.5 Å². The monoisotopic (exact) mass is 1620 g/mol. The SMILES string of the molecule is CC[C@H](C)[C@H](NC(=O)[C@H](CC(C)C)NC(=O)[C@H](Cc1cnc[nH]1)NC(=O)[C@H](CCC(N)=O)NC(=O)[C@H](CC(C)C)NC(=O)[C@H](CC(C)C)NC(=O)[C@H](CO)NC(=O)[C@H](CCC(N)=O)NC(=O)[C@H](CC(C)C)NC(=O)[C@H](C)NC(=O)[C@H](CO)NC(=O)[C@@H](NC(=O)[C@H](CO)NC(=O)[C@@H](NC(=O)[C@@H](N)CO)[C@@H](C)CC)[C@@H](C)CC)C(=O)O. The molecule has 0 saturated heterocycles. The van der Waals surface area contributed by atoms with Gasteiger partial charge in [-0.1, -0.05) is 116 Å². The molecule has 0 radical (unpaired) electrons. The van der Waals surface area contributed by atoms with Crippen LogP contribution in [0.25, 0.3) is 0 Å². The quantitative estimate of drug-likeness (QED) is 0.0289. The molecule has 1 rings (SSSR count). The predicted molar refractivity (Wildman–Crippen MR) is 412 cm³/mol. The molecular weight excluding hydrogens is 1490 g/mol. The minimum absolute atomic E-state index is 0.0411. The van der Waals surface area contributed by atoms with Crippen molar-refractivity contribution in [3.8, 4) is 0 Å². The number of carbonyl (C=O) groups excluding carboxylic acids is 16. The molecule has 0 fully saturated rings. The number of nitrogens with zero attached hydrogens (tertiary/aromatic N) is 1. The third-order valence-electron chi connectivity index (χ3n) is 18.7. The molecule has 41 nitrogen and oxygen atoms in total. The summed E-state index contributed by atoms with van der Waals surface area (Å²) < 4.78 is 0. The number of aliphatic carboxylic acids is 1. The lowest BCUT2D eigenvalue weighted by molar-refractivity contribution is -0.144. The van der Waals surface area contributed by atoms with Gasteiger partial charge in [0.05, 0.1) is 32.8 Å². The Labute approximate surface area is 664 Å². The third kappa shape index (κ3) is 36.4. The fourth-order valence-electron chi connectivity index (χ4n) is 11.4. The molecule has 26 N–H and O–H groups in total. The van der Waals surface area contributed by atoms with E-state index in [1.54, 1.807) is 96.9 Å². The van der Waals surface area contributed by atoms with E-state index in [1.165, 1.54) is 19.4 Å². The normalized spacial score (nSPS) is 16.1. The van der Waals surface area contributed by atoms with Gasteiger partial charge in [0.15, 0.2) is 0 Å². The first-order valence-electron chi connectivity index (χ1n) is 38.5. The highest BCUT2D eigenvalue weighted by atomic mass is 16.4. The number of primary amides is 2. The van der Waals surface area contributed by atoms with E-state index in [0.717, 1.165) is 0 Å². The lowest BCUT2D eigenvalue weighted by atomic mass is 9.96. The van der Waals surface area contributed by atoms with Crippen LogP contribution in [0.15, 0.2) is 12.5 Å². The number of amides is 16. The summed E-state index contributed by atoms with van der Waals surface area (Å²) in [5.74, 6) is -20.2. The topological polar surface area (TPSA) is 666 Å². The summed E-state index contributed by atoms with van der Waals surface area (Å²) in [6, 6.07) is -23.0. The van der Waals surface area contributed by atoms with Crippen molar-refractivity contribution < 1.29 is 107 Å². The number of aromatic amines is 1. The Hall–Kier alpha value is -10.00. The predicted octanol–water partition coefficient (Wildman–Crippen LogP) is -6.01. The van der Waals surface area contributed by atoms with E-state index >= 15 is 0 Å². The number of aliphatic hydroxyl groups is 4. The maximum absolute atomic E-state index is 14.5. The Morgan fingerprint density at radius 2 is 0.623 bits per heavy atom. The van der Waals surface area contributed by atoms with Gasteiger partial charge in [-0.25, -0.2) is 9.78 Å². The Bertz CT molecular complexity index is 3360. The molecule has 0 bridgehead atoms. The van der Waals surface area contributed by atoms with E-state index in [1.807, 2.05) is 0 Å². The number of hydrogen-bond donors (Lipinski definition) is 23. The summed E-state index contributed by atoms with van der Waals surface area (Å²) in [4.78, 5) is 238. The van der Waals surface area contributed by atoms with Gasteiger partial charge in [-0.05, 0) is 86.9 Å². The second-order valence-corrected chi connectivity index (χ2v) is 30.4. The third-order valence-corrected chi connectivity index (χ3v) is 18.7. The van der Waals surface area contributed by atoms with Crippen molar-refractivity contribution in [3.63, 3.8) is 0 Å². The van der Waals surface area contributed by atoms with E-state index in [9.17, 15) is 107 Å². The largest absolute Gasteiger partial charge is 0.480 e. The van der Waals surface area contributed by atoms with Crippen molar-refractivity contribution in [2.45, 2.75) is 272 Å². The van der Waals surface area contributed by atoms with Crippen LogP contribution in [0.2, 0.25) is 0 Å². The standard InChI is InChI=1S/C73H127N19O22/c1-16-38(12)56(90-60(100)43(74)29-93)71(111)89-53(32-96)70(110)91-57(39(13)17-2)72(112)88-51(30-94)68(108)79-41(15)59(99)82-46(23-34(4)5)63(103)81-45(20-22-55(76)98)62(102)87-52(31-95)69(109)85-48(25-36(8)9)65(105)83-47(24-35(6)7)64(104)80-44(19-21-54(75)97)61(101)86-50(27-42-28-77-33-78-42)66(106)84-49(26-37(10)11)67(107)92-58(73(113)114)40(14)18-3/h28,33-41,43-53,56-58,93-96H,16-27,29-32,74H2,1-15H3,(H2,75,97)(H2,76,98)(H,77,78)(H,79,108)(H,80,104)(H,81,103)(H,82,99)(H,83,105)(H,84,106)(H,85,109)(H,86,101)(H,87,102)(H,88,112)(H,89,111)(H,90,100)(H,91,110)(H,92,107)(H,113,114)/t38-,39-,40-,41-,43-,44-,45-,46-,47-,48-,49-,50-,51-,52-,53-,56-,57-,58-/m0/s1. The summed E-state index contributed by atoms with van der Waals surface area (Å²) in [6.45, 7) is 20.8. The van der Waals surface area contributed by atoms with Crippen molar-refractivity contribution >= 4 is 100 Å². The lowest BCUT2D eigenvalue weighted by Crippen LogP contribution is -2.62. The molecule has 1 aromatic heterocycles. The number of nitrogens with one attached hydrogen (secondary N) is 15. The molecule has 41 heteroatoms. The molecule has 0 aliphatic rings. The minimum atomic E-state index is -1.89. The fourth-order valence-corrected chi connectivity index (χ4v) is 11.4. The highest BCUT2D eigenvalue weighted by Gasteiger charge is 2.40. The van der Waals surface area contributed by atoms with Crippen molar-refractivity contribution in [1.82, 2.24) is 84.4 Å². The molecule has 0 aliphatic heterocycles. The van der Waals surface area contributed by atoms with E-state index in [-0.39, 0.29) is 62.2 Å². The summed E-state index contributed by atoms with van der Waals surface area (Å²) in [6.07, 6.45) is 1.11. The van der Waals surface area contributed by atoms with Gasteiger partial charge in [0.2, 0.25) is 94.5 Å². The first-order valence-corrected chi connectivity index (χ1v) is 38.5. The number of hydrogen-bond acceptors (Lipinski definition) is 23. The number of imidazole rings is 1. The first kappa shape index (κ1) is 102. The molecular formula is C73H127N19O22. The summed E-state index contributed by atoms with van der Waals surface area (Å²) >= 11 is 0. The zero-order valence-corrected chi connectivity index (χ0v) is 68.0. The Balaban J connectivity index is 3.52. The lowest BCUT2D eigenvalue weighted by Gasteiger charge is -2.29. The van der Waals surface area contributed by atoms with Crippen molar-refractivity contribution in [2.24, 2.45) is 58.6 Å². The number of rotatable bonds is 55. The van der Waals surface area contributed by atoms with E-state index in [4.69, 9.17) is 17.2 Å². The number of H-pyrrole nitrogens is 1. The molecule has 646 valence electrons. The number of aliphatic hydroxyl groups excluding tert-OH is 4. The summed E-state index contributed by atoms with van der Waals surface area (Å²) in [5.41, 5.74) is 16.9. The summed E-state index contributed by atoms with van der Waals surface area (Å²) in [7, 11) is 0.